The molecule has 6 heteroatoms. The molecule has 0 aliphatic rings. The van der Waals surface area contributed by atoms with Gasteiger partial charge >= 0.3 is 0 Å². The van der Waals surface area contributed by atoms with Crippen molar-refractivity contribution in [2.75, 3.05) is 6.54 Å². The number of nitrogens with two attached hydrogens (primary N) is 1. The predicted molar refractivity (Wildman–Crippen MR) is 37.4 cm³/mol. The van der Waals surface area contributed by atoms with Crippen LogP contribution in [0.5, 0.6) is 0 Å². The number of nitro groups is 1. The molecule has 1 heterocycles. The van der Waals surface area contributed by atoms with Crippen molar-refractivity contribution in [2.45, 2.75) is 6.42 Å². The molecule has 0 aliphatic carbocycles. The fourth-order valence-electron chi connectivity index (χ4n) is 0.785. The third-order valence-electron chi connectivity index (χ3n) is 1.24. The zero-order valence-electron chi connectivity index (χ0n) is 5.80. The highest BCUT2D eigenvalue weighted by Gasteiger charge is 2.08. The number of hydrogen-bond acceptors (Lipinski definition) is 4. The van der Waals surface area contributed by atoms with Crippen molar-refractivity contribution in [1.82, 2.24) is 9.66 Å². The molecule has 0 atom stereocenters. The quantitative estimate of drug-likeness (QED) is 0.468. The molecule has 0 unspecified atom stereocenters. The molecule has 0 amide bonds. The fourth-order valence-corrected chi connectivity index (χ4v) is 0.785. The fraction of sp³-hybridized carbons (Fsp3) is 0.400. The second-order valence-electron chi connectivity index (χ2n) is 1.96. The van der Waals surface area contributed by atoms with Crippen LogP contribution in [0, 0.1) is 10.1 Å². The van der Waals surface area contributed by atoms with Gasteiger partial charge in [0.2, 0.25) is 0 Å². The van der Waals surface area contributed by atoms with Crippen molar-refractivity contribution in [3.05, 3.63) is 28.3 Å². The van der Waals surface area contributed by atoms with Crippen molar-refractivity contribution in [3.8, 4) is 0 Å². The summed E-state index contributed by atoms with van der Waals surface area (Å²) in [4.78, 5) is 14.0. The molecular weight excluding hydrogens is 148 g/mol. The SMILES string of the molecule is NCCc1nccn1[N+](=O)[O-]. The zero-order valence-corrected chi connectivity index (χ0v) is 5.80. The molecule has 0 saturated carbocycles. The van der Waals surface area contributed by atoms with E-state index in [1.807, 2.05) is 0 Å². The number of hydrogen-bond donors (Lipinski definition) is 1. The van der Waals surface area contributed by atoms with Crippen LogP contribution >= 0.6 is 0 Å². The molecule has 0 aliphatic heterocycles. The monoisotopic (exact) mass is 156 g/mol. The van der Waals surface area contributed by atoms with E-state index in [9.17, 15) is 10.1 Å². The van der Waals surface area contributed by atoms with E-state index < -0.39 is 5.03 Å². The van der Waals surface area contributed by atoms with Crippen LogP contribution in [0.1, 0.15) is 5.82 Å². The minimum absolute atomic E-state index is 0.366. The van der Waals surface area contributed by atoms with Crippen LogP contribution in [0.4, 0.5) is 0 Å². The molecule has 0 bridgehead atoms. The summed E-state index contributed by atoms with van der Waals surface area (Å²) in [6, 6.07) is 0. The van der Waals surface area contributed by atoms with E-state index in [4.69, 9.17) is 5.73 Å². The Labute approximate surface area is 62.8 Å². The average molecular weight is 156 g/mol. The van der Waals surface area contributed by atoms with Gasteiger partial charge in [0.05, 0.1) is 12.4 Å². The molecule has 2 N–H and O–H groups in total. The number of rotatable bonds is 3. The molecule has 1 rings (SSSR count). The van der Waals surface area contributed by atoms with Gasteiger partial charge < -0.3 is 5.73 Å². The first-order valence-corrected chi connectivity index (χ1v) is 3.12. The van der Waals surface area contributed by atoms with Gasteiger partial charge in [0, 0.05) is 6.42 Å². The molecule has 1 aromatic rings. The summed E-state index contributed by atoms with van der Waals surface area (Å²) in [5.74, 6) is 0.387. The van der Waals surface area contributed by atoms with Gasteiger partial charge in [0.25, 0.3) is 0 Å². The van der Waals surface area contributed by atoms with Crippen LogP contribution in [0.2, 0.25) is 0 Å². The molecule has 0 aromatic carbocycles. The molecule has 60 valence electrons. The minimum atomic E-state index is -0.530. The summed E-state index contributed by atoms with van der Waals surface area (Å²) >= 11 is 0. The Hall–Kier alpha value is -1.43. The number of nitrogens with zero attached hydrogens (tertiary/aromatic N) is 3. The van der Waals surface area contributed by atoms with E-state index in [1.165, 1.54) is 12.4 Å². The van der Waals surface area contributed by atoms with Crippen molar-refractivity contribution < 1.29 is 5.03 Å². The summed E-state index contributed by atoms with van der Waals surface area (Å²) in [5, 5.41) is 9.72. The first-order valence-electron chi connectivity index (χ1n) is 3.12. The lowest BCUT2D eigenvalue weighted by molar-refractivity contribution is -0.543. The van der Waals surface area contributed by atoms with E-state index >= 15 is 0 Å². The Kier molecular flexibility index (Phi) is 2.17. The maximum atomic E-state index is 10.2. The lowest BCUT2D eigenvalue weighted by Crippen LogP contribution is -2.14. The number of aromatic nitrogens is 2. The molecule has 0 fully saturated rings. The van der Waals surface area contributed by atoms with Crippen molar-refractivity contribution in [1.29, 1.82) is 0 Å². The van der Waals surface area contributed by atoms with Gasteiger partial charge in [-0.15, -0.1) is 0 Å². The third-order valence-corrected chi connectivity index (χ3v) is 1.24. The van der Waals surface area contributed by atoms with E-state index in [0.29, 0.717) is 18.8 Å². The topological polar surface area (TPSA) is 87.0 Å². The van der Waals surface area contributed by atoms with E-state index in [-0.39, 0.29) is 0 Å². The summed E-state index contributed by atoms with van der Waals surface area (Å²) in [6.07, 6.45) is 3.10. The molecule has 0 saturated heterocycles. The summed E-state index contributed by atoms with van der Waals surface area (Å²) in [5.41, 5.74) is 5.21. The highest BCUT2D eigenvalue weighted by molar-refractivity contribution is 4.89. The highest BCUT2D eigenvalue weighted by atomic mass is 16.7. The number of imidazole rings is 1. The Balaban J connectivity index is 2.87. The van der Waals surface area contributed by atoms with E-state index in [0.717, 1.165) is 4.68 Å². The maximum Gasteiger partial charge on any atom is 0.176 e. The molecule has 0 spiro atoms. The van der Waals surface area contributed by atoms with E-state index in [2.05, 4.69) is 4.98 Å². The Bertz CT molecular complexity index is 257. The standard InChI is InChI=1S/C5H8N4O2/c6-2-1-5-7-3-4-8(5)9(10)11/h3-4H,1-2,6H2. The van der Waals surface area contributed by atoms with Gasteiger partial charge in [-0.25, -0.2) is 15.1 Å². The largest absolute Gasteiger partial charge is 0.330 e. The highest BCUT2D eigenvalue weighted by Crippen LogP contribution is 1.95. The van der Waals surface area contributed by atoms with Gasteiger partial charge in [-0.05, 0) is 6.54 Å². The van der Waals surface area contributed by atoms with Crippen LogP contribution in [0.3, 0.4) is 0 Å². The summed E-state index contributed by atoms with van der Waals surface area (Å²) in [6.45, 7) is 0.366. The summed E-state index contributed by atoms with van der Waals surface area (Å²) < 4.78 is 0.868. The first kappa shape index (κ1) is 7.67. The van der Waals surface area contributed by atoms with Gasteiger partial charge in [0.15, 0.2) is 10.9 Å². The van der Waals surface area contributed by atoms with Gasteiger partial charge in [-0.2, -0.15) is 0 Å². The smallest absolute Gasteiger partial charge is 0.176 e. The van der Waals surface area contributed by atoms with E-state index in [1.54, 1.807) is 0 Å². The summed E-state index contributed by atoms with van der Waals surface area (Å²) in [7, 11) is 0. The average Bonchev–Trinajstić information content (AvgIpc) is 2.36. The molecule has 1 aromatic heterocycles. The molecular formula is C5H8N4O2. The normalized spacial score (nSPS) is 9.91. The second-order valence-corrected chi connectivity index (χ2v) is 1.96. The van der Waals surface area contributed by atoms with Gasteiger partial charge in [0.1, 0.15) is 0 Å². The van der Waals surface area contributed by atoms with Crippen molar-refractivity contribution in [2.24, 2.45) is 5.73 Å². The Morgan fingerprint density at radius 1 is 1.82 bits per heavy atom. The van der Waals surface area contributed by atoms with Crippen LogP contribution in [0.15, 0.2) is 12.4 Å². The molecule has 11 heavy (non-hydrogen) atoms. The maximum absolute atomic E-state index is 10.2. The lowest BCUT2D eigenvalue weighted by atomic mass is 10.4. The van der Waals surface area contributed by atoms with Gasteiger partial charge in [-0.1, -0.05) is 4.68 Å². The van der Waals surface area contributed by atoms with Crippen molar-refractivity contribution >= 4 is 0 Å². The lowest BCUT2D eigenvalue weighted by Gasteiger charge is -1.94. The van der Waals surface area contributed by atoms with Crippen molar-refractivity contribution in [3.63, 3.8) is 0 Å². The first-order chi connectivity index (χ1) is 5.25. The molecule has 6 nitrogen and oxygen atoms in total. The predicted octanol–water partition coefficient (Wildman–Crippen LogP) is -0.576. The minimum Gasteiger partial charge on any atom is -0.330 e. The van der Waals surface area contributed by atoms with Crippen LogP contribution in [-0.4, -0.2) is 21.2 Å². The Morgan fingerprint density at radius 2 is 2.55 bits per heavy atom. The van der Waals surface area contributed by atoms with Gasteiger partial charge in [-0.3, -0.25) is 0 Å². The zero-order chi connectivity index (χ0) is 8.27. The second kappa shape index (κ2) is 3.11. The third kappa shape index (κ3) is 1.53. The van der Waals surface area contributed by atoms with Crippen LogP contribution < -0.4 is 5.73 Å². The van der Waals surface area contributed by atoms with Crippen LogP contribution in [0.25, 0.3) is 0 Å². The Morgan fingerprint density at radius 3 is 3.09 bits per heavy atom. The molecule has 0 radical (unpaired) electrons. The van der Waals surface area contributed by atoms with Crippen LogP contribution in [-0.2, 0) is 6.42 Å².